The monoisotopic (exact) mass is 202 g/mol. The van der Waals surface area contributed by atoms with Gasteiger partial charge in [-0.05, 0) is 26.0 Å². The molecule has 0 atom stereocenters. The van der Waals surface area contributed by atoms with Crippen molar-refractivity contribution in [1.29, 1.82) is 0 Å². The maximum Gasteiger partial charge on any atom is 0.159 e. The molecule has 2 aromatic rings. The van der Waals surface area contributed by atoms with E-state index in [4.69, 9.17) is 0 Å². The second kappa shape index (κ2) is 3.50. The third-order valence-corrected chi connectivity index (χ3v) is 2.62. The van der Waals surface area contributed by atoms with Gasteiger partial charge < -0.3 is 4.40 Å². The number of pyridine rings is 1. The maximum absolute atomic E-state index is 11.2. The summed E-state index contributed by atoms with van der Waals surface area (Å²) < 4.78 is 2.04. The number of rotatable bonds is 2. The summed E-state index contributed by atoms with van der Waals surface area (Å²) in [5, 5.41) is 0. The molecule has 2 rings (SSSR count). The predicted octanol–water partition coefficient (Wildman–Crippen LogP) is 2.41. The Hall–Kier alpha value is -1.64. The molecule has 0 bridgehead atoms. The van der Waals surface area contributed by atoms with Crippen molar-refractivity contribution in [2.75, 3.05) is 0 Å². The maximum atomic E-state index is 11.2. The van der Waals surface area contributed by atoms with E-state index in [0.29, 0.717) is 0 Å². The summed E-state index contributed by atoms with van der Waals surface area (Å²) in [4.78, 5) is 15.7. The molecular weight excluding hydrogens is 188 g/mol. The van der Waals surface area contributed by atoms with Gasteiger partial charge in [0.15, 0.2) is 5.78 Å². The van der Waals surface area contributed by atoms with Crippen LogP contribution in [0.15, 0.2) is 18.3 Å². The molecule has 0 amide bonds. The first kappa shape index (κ1) is 9.90. The van der Waals surface area contributed by atoms with Crippen molar-refractivity contribution in [3.63, 3.8) is 0 Å². The fourth-order valence-electron chi connectivity index (χ4n) is 1.78. The van der Waals surface area contributed by atoms with Crippen LogP contribution >= 0.6 is 0 Å². The second-order valence-corrected chi connectivity index (χ2v) is 3.69. The summed E-state index contributed by atoms with van der Waals surface area (Å²) in [6.45, 7) is 5.63. The number of hydrogen-bond acceptors (Lipinski definition) is 2. The van der Waals surface area contributed by atoms with Gasteiger partial charge in [0.25, 0.3) is 0 Å². The van der Waals surface area contributed by atoms with Gasteiger partial charge in [-0.2, -0.15) is 0 Å². The summed E-state index contributed by atoms with van der Waals surface area (Å²) in [5.41, 5.74) is 2.75. The standard InChI is InChI=1S/C12H14N2O/c1-4-12-13-8(2)11-7-10(9(3)15)5-6-14(11)12/h5-7H,4H2,1-3H3. The SMILES string of the molecule is CCc1nc(C)c2cc(C(C)=O)ccn12. The van der Waals surface area contributed by atoms with E-state index < -0.39 is 0 Å². The first-order valence-corrected chi connectivity index (χ1v) is 5.12. The average molecular weight is 202 g/mol. The van der Waals surface area contributed by atoms with Crippen molar-refractivity contribution in [2.45, 2.75) is 27.2 Å². The number of fused-ring (bicyclic) bond motifs is 1. The van der Waals surface area contributed by atoms with E-state index in [1.807, 2.05) is 29.7 Å². The van der Waals surface area contributed by atoms with Crippen LogP contribution in [0.5, 0.6) is 0 Å². The van der Waals surface area contributed by atoms with Crippen LogP contribution in [0.2, 0.25) is 0 Å². The number of hydrogen-bond donors (Lipinski definition) is 0. The summed E-state index contributed by atoms with van der Waals surface area (Å²) >= 11 is 0. The van der Waals surface area contributed by atoms with Gasteiger partial charge >= 0.3 is 0 Å². The molecule has 0 N–H and O–H groups in total. The lowest BCUT2D eigenvalue weighted by Gasteiger charge is -2.00. The highest BCUT2D eigenvalue weighted by molar-refractivity contribution is 5.95. The van der Waals surface area contributed by atoms with Crippen molar-refractivity contribution < 1.29 is 4.79 Å². The van der Waals surface area contributed by atoms with E-state index in [2.05, 4.69) is 11.9 Å². The molecule has 15 heavy (non-hydrogen) atoms. The molecule has 78 valence electrons. The smallest absolute Gasteiger partial charge is 0.159 e. The quantitative estimate of drug-likeness (QED) is 0.701. The number of imidazole rings is 1. The zero-order chi connectivity index (χ0) is 11.0. The van der Waals surface area contributed by atoms with Crippen LogP contribution in [0, 0.1) is 6.92 Å². The summed E-state index contributed by atoms with van der Waals surface area (Å²) in [7, 11) is 0. The molecule has 0 saturated carbocycles. The molecule has 3 nitrogen and oxygen atoms in total. The van der Waals surface area contributed by atoms with Gasteiger partial charge in [0.05, 0.1) is 11.2 Å². The lowest BCUT2D eigenvalue weighted by molar-refractivity contribution is 0.101. The number of nitrogens with zero attached hydrogens (tertiary/aromatic N) is 2. The Morgan fingerprint density at radius 3 is 2.87 bits per heavy atom. The zero-order valence-electron chi connectivity index (χ0n) is 9.24. The van der Waals surface area contributed by atoms with E-state index in [-0.39, 0.29) is 5.78 Å². The number of carbonyl (C=O) groups is 1. The molecule has 0 radical (unpaired) electrons. The van der Waals surface area contributed by atoms with Crippen LogP contribution in [-0.2, 0) is 6.42 Å². The Morgan fingerprint density at radius 2 is 2.27 bits per heavy atom. The topological polar surface area (TPSA) is 34.4 Å². The van der Waals surface area contributed by atoms with E-state index in [1.165, 1.54) is 0 Å². The zero-order valence-corrected chi connectivity index (χ0v) is 9.24. The fraction of sp³-hybridized carbons (Fsp3) is 0.333. The first-order chi connectivity index (χ1) is 7.13. The molecule has 0 aliphatic carbocycles. The lowest BCUT2D eigenvalue weighted by Crippen LogP contribution is -1.96. The second-order valence-electron chi connectivity index (χ2n) is 3.69. The van der Waals surface area contributed by atoms with Gasteiger partial charge in [-0.15, -0.1) is 0 Å². The summed E-state index contributed by atoms with van der Waals surface area (Å²) in [5.74, 6) is 1.13. The Bertz CT molecular complexity index is 526. The van der Waals surface area contributed by atoms with Crippen molar-refractivity contribution in [1.82, 2.24) is 9.38 Å². The van der Waals surface area contributed by atoms with Crippen LogP contribution < -0.4 is 0 Å². The number of carbonyl (C=O) groups excluding carboxylic acids is 1. The number of ketones is 1. The van der Waals surface area contributed by atoms with Crippen LogP contribution in [0.25, 0.3) is 5.52 Å². The van der Waals surface area contributed by atoms with E-state index in [0.717, 1.165) is 29.0 Å². The Balaban J connectivity index is 2.72. The summed E-state index contributed by atoms with van der Waals surface area (Å²) in [6.07, 6.45) is 2.82. The van der Waals surface area contributed by atoms with Gasteiger partial charge in [-0.1, -0.05) is 6.92 Å². The fourth-order valence-corrected chi connectivity index (χ4v) is 1.78. The molecule has 0 fully saturated rings. The number of aryl methyl sites for hydroxylation is 2. The van der Waals surface area contributed by atoms with Crippen LogP contribution in [-0.4, -0.2) is 15.2 Å². The van der Waals surface area contributed by atoms with Crippen LogP contribution in [0.4, 0.5) is 0 Å². The van der Waals surface area contributed by atoms with Gasteiger partial charge in [-0.3, -0.25) is 4.79 Å². The van der Waals surface area contributed by atoms with Crippen molar-refractivity contribution in [3.05, 3.63) is 35.4 Å². The van der Waals surface area contributed by atoms with Crippen molar-refractivity contribution >= 4 is 11.3 Å². The summed E-state index contributed by atoms with van der Waals surface area (Å²) in [6, 6.07) is 3.75. The van der Waals surface area contributed by atoms with Crippen molar-refractivity contribution in [2.24, 2.45) is 0 Å². The first-order valence-electron chi connectivity index (χ1n) is 5.12. The van der Waals surface area contributed by atoms with Gasteiger partial charge in [0.1, 0.15) is 5.82 Å². The van der Waals surface area contributed by atoms with Crippen LogP contribution in [0.1, 0.15) is 35.7 Å². The molecule has 0 unspecified atom stereocenters. The molecule has 0 aliphatic rings. The normalized spacial score (nSPS) is 10.9. The molecular formula is C12H14N2O. The number of aromatic nitrogens is 2. The molecule has 0 aromatic carbocycles. The van der Waals surface area contributed by atoms with Crippen molar-refractivity contribution in [3.8, 4) is 0 Å². The third kappa shape index (κ3) is 1.54. The highest BCUT2D eigenvalue weighted by Gasteiger charge is 2.08. The molecule has 2 heterocycles. The molecule has 2 aromatic heterocycles. The predicted molar refractivity (Wildman–Crippen MR) is 59.3 cm³/mol. The average Bonchev–Trinajstić information content (AvgIpc) is 2.55. The van der Waals surface area contributed by atoms with E-state index in [1.54, 1.807) is 6.92 Å². The minimum Gasteiger partial charge on any atom is -0.303 e. The van der Waals surface area contributed by atoms with E-state index >= 15 is 0 Å². The largest absolute Gasteiger partial charge is 0.303 e. The Labute approximate surface area is 88.8 Å². The number of Topliss-reactive ketones (excluding diaryl/α,β-unsaturated/α-hetero) is 1. The molecule has 0 spiro atoms. The lowest BCUT2D eigenvalue weighted by atomic mass is 10.2. The Morgan fingerprint density at radius 1 is 1.53 bits per heavy atom. The molecule has 3 heteroatoms. The van der Waals surface area contributed by atoms with E-state index in [9.17, 15) is 4.79 Å². The molecule has 0 saturated heterocycles. The minimum atomic E-state index is 0.0937. The molecule has 0 aliphatic heterocycles. The Kier molecular flexibility index (Phi) is 2.31. The highest BCUT2D eigenvalue weighted by atomic mass is 16.1. The highest BCUT2D eigenvalue weighted by Crippen LogP contribution is 2.15. The van der Waals surface area contributed by atoms with Crippen LogP contribution in [0.3, 0.4) is 0 Å². The van der Waals surface area contributed by atoms with Gasteiger partial charge in [0, 0.05) is 18.2 Å². The van der Waals surface area contributed by atoms with Gasteiger partial charge in [0.2, 0.25) is 0 Å². The minimum absolute atomic E-state index is 0.0937. The third-order valence-electron chi connectivity index (χ3n) is 2.62. The van der Waals surface area contributed by atoms with Gasteiger partial charge in [-0.25, -0.2) is 4.98 Å².